The van der Waals surface area contributed by atoms with Gasteiger partial charge in [0.1, 0.15) is 5.69 Å². The number of anilines is 1. The Morgan fingerprint density at radius 1 is 1.28 bits per heavy atom. The minimum atomic E-state index is -0.335. The zero-order valence-electron chi connectivity index (χ0n) is 11.2. The summed E-state index contributed by atoms with van der Waals surface area (Å²) < 4.78 is 1.61. The van der Waals surface area contributed by atoms with Gasteiger partial charge in [-0.3, -0.25) is 10.1 Å². The van der Waals surface area contributed by atoms with Gasteiger partial charge in [-0.2, -0.15) is 5.10 Å². The summed E-state index contributed by atoms with van der Waals surface area (Å²) in [5, 5.41) is 15.3. The first-order valence-electron chi connectivity index (χ1n) is 6.00. The van der Waals surface area contributed by atoms with Gasteiger partial charge in [0.05, 0.1) is 4.92 Å². The third-order valence-corrected chi connectivity index (χ3v) is 3.56. The van der Waals surface area contributed by atoms with Gasteiger partial charge in [-0.15, -0.1) is 0 Å². The molecule has 0 saturated heterocycles. The van der Waals surface area contributed by atoms with Crippen molar-refractivity contribution in [2.75, 3.05) is 18.0 Å². The summed E-state index contributed by atoms with van der Waals surface area (Å²) in [6, 6.07) is 0. The summed E-state index contributed by atoms with van der Waals surface area (Å²) in [5.41, 5.74) is 3.27. The molecule has 0 N–H and O–H groups in total. The zero-order valence-corrected chi connectivity index (χ0v) is 11.2. The molecule has 1 aromatic rings. The average molecular weight is 250 g/mol. The Morgan fingerprint density at radius 3 is 2.50 bits per heavy atom. The first-order chi connectivity index (χ1) is 8.41. The van der Waals surface area contributed by atoms with Crippen molar-refractivity contribution >= 4 is 11.5 Å². The maximum absolute atomic E-state index is 11.2. The highest BCUT2D eigenvalue weighted by Crippen LogP contribution is 2.33. The Morgan fingerprint density at radius 2 is 1.94 bits per heavy atom. The van der Waals surface area contributed by atoms with E-state index in [0.717, 1.165) is 19.5 Å². The second-order valence-corrected chi connectivity index (χ2v) is 4.87. The molecule has 0 spiro atoms. The molecule has 0 unspecified atom stereocenters. The SMILES string of the molecule is CC1=C(C)CN(c2c([N+](=O)[O-])c(C)nn2C)CC1. The summed E-state index contributed by atoms with van der Waals surface area (Å²) in [4.78, 5) is 12.9. The molecule has 1 aliphatic heterocycles. The second kappa shape index (κ2) is 4.44. The van der Waals surface area contributed by atoms with Crippen LogP contribution in [0.15, 0.2) is 11.1 Å². The molecule has 2 heterocycles. The minimum absolute atomic E-state index is 0.129. The lowest BCUT2D eigenvalue weighted by Gasteiger charge is -2.29. The highest BCUT2D eigenvalue weighted by atomic mass is 16.6. The molecule has 0 aromatic carbocycles. The summed E-state index contributed by atoms with van der Waals surface area (Å²) in [6.45, 7) is 7.43. The van der Waals surface area contributed by atoms with Crippen LogP contribution in [-0.2, 0) is 7.05 Å². The molecule has 0 fully saturated rings. The molecule has 0 amide bonds. The van der Waals surface area contributed by atoms with Crippen LogP contribution < -0.4 is 4.90 Å². The number of hydrogen-bond donors (Lipinski definition) is 0. The molecule has 0 aliphatic carbocycles. The van der Waals surface area contributed by atoms with E-state index < -0.39 is 0 Å². The summed E-state index contributed by atoms with van der Waals surface area (Å²) in [7, 11) is 1.76. The van der Waals surface area contributed by atoms with E-state index in [0.29, 0.717) is 11.5 Å². The van der Waals surface area contributed by atoms with Crippen LogP contribution in [0.3, 0.4) is 0 Å². The van der Waals surface area contributed by atoms with Crippen LogP contribution in [0.5, 0.6) is 0 Å². The standard InChI is InChI=1S/C12H18N4O2/c1-8-5-6-15(7-9(8)2)12-11(16(17)18)10(3)13-14(12)4/h5-7H2,1-4H3. The van der Waals surface area contributed by atoms with E-state index in [4.69, 9.17) is 0 Å². The van der Waals surface area contributed by atoms with Crippen molar-refractivity contribution in [1.82, 2.24) is 9.78 Å². The van der Waals surface area contributed by atoms with E-state index in [9.17, 15) is 10.1 Å². The number of aromatic nitrogens is 2. The van der Waals surface area contributed by atoms with Crippen LogP contribution in [-0.4, -0.2) is 27.8 Å². The molecule has 18 heavy (non-hydrogen) atoms. The Labute approximate surface area is 106 Å². The van der Waals surface area contributed by atoms with Crippen LogP contribution in [0.2, 0.25) is 0 Å². The topological polar surface area (TPSA) is 64.2 Å². The van der Waals surface area contributed by atoms with Gasteiger partial charge >= 0.3 is 5.69 Å². The number of nitrogens with zero attached hydrogens (tertiary/aromatic N) is 4. The molecule has 1 aliphatic rings. The lowest BCUT2D eigenvalue weighted by atomic mass is 10.0. The van der Waals surface area contributed by atoms with Gasteiger partial charge in [-0.1, -0.05) is 11.1 Å². The van der Waals surface area contributed by atoms with E-state index in [1.165, 1.54) is 11.1 Å². The molecule has 0 bridgehead atoms. The Bertz CT molecular complexity index is 530. The van der Waals surface area contributed by atoms with Gasteiger partial charge in [-0.05, 0) is 27.2 Å². The van der Waals surface area contributed by atoms with Crippen LogP contribution in [0.1, 0.15) is 26.0 Å². The van der Waals surface area contributed by atoms with Crippen LogP contribution >= 0.6 is 0 Å². The molecule has 0 radical (unpaired) electrons. The fourth-order valence-corrected chi connectivity index (χ4v) is 2.40. The largest absolute Gasteiger partial charge is 0.347 e. The fraction of sp³-hybridized carbons (Fsp3) is 0.583. The van der Waals surface area contributed by atoms with Gasteiger partial charge in [0.2, 0.25) is 5.82 Å². The summed E-state index contributed by atoms with van der Waals surface area (Å²) in [6.07, 6.45) is 0.952. The van der Waals surface area contributed by atoms with Gasteiger partial charge in [0, 0.05) is 20.1 Å². The van der Waals surface area contributed by atoms with E-state index in [1.54, 1.807) is 18.7 Å². The Hall–Kier alpha value is -1.85. The lowest BCUT2D eigenvalue weighted by Crippen LogP contribution is -2.32. The van der Waals surface area contributed by atoms with Crippen molar-refractivity contribution in [2.45, 2.75) is 27.2 Å². The van der Waals surface area contributed by atoms with E-state index in [-0.39, 0.29) is 10.6 Å². The van der Waals surface area contributed by atoms with Crippen molar-refractivity contribution in [1.29, 1.82) is 0 Å². The summed E-state index contributed by atoms with van der Waals surface area (Å²) in [5.74, 6) is 0.615. The van der Waals surface area contributed by atoms with Crippen molar-refractivity contribution < 1.29 is 4.92 Å². The highest BCUT2D eigenvalue weighted by Gasteiger charge is 2.29. The van der Waals surface area contributed by atoms with Gasteiger partial charge in [0.25, 0.3) is 0 Å². The Kier molecular flexibility index (Phi) is 3.11. The zero-order chi connectivity index (χ0) is 13.4. The normalized spacial score (nSPS) is 16.3. The predicted octanol–water partition coefficient (Wildman–Crippen LogP) is 2.18. The molecule has 0 saturated carbocycles. The van der Waals surface area contributed by atoms with Crippen LogP contribution in [0.25, 0.3) is 0 Å². The Balaban J connectivity index is 2.43. The highest BCUT2D eigenvalue weighted by molar-refractivity contribution is 5.62. The smallest absolute Gasteiger partial charge is 0.333 e. The predicted molar refractivity (Wildman–Crippen MR) is 69.8 cm³/mol. The van der Waals surface area contributed by atoms with E-state index in [1.807, 2.05) is 4.90 Å². The van der Waals surface area contributed by atoms with Crippen LogP contribution in [0.4, 0.5) is 11.5 Å². The molecule has 98 valence electrons. The molecule has 2 rings (SSSR count). The van der Waals surface area contributed by atoms with Crippen LogP contribution in [0, 0.1) is 17.0 Å². The third-order valence-electron chi connectivity index (χ3n) is 3.56. The number of rotatable bonds is 2. The lowest BCUT2D eigenvalue weighted by molar-refractivity contribution is -0.384. The molecule has 6 nitrogen and oxygen atoms in total. The molecular formula is C12H18N4O2. The maximum atomic E-state index is 11.2. The van der Waals surface area contributed by atoms with Crippen molar-refractivity contribution in [3.8, 4) is 0 Å². The molecule has 6 heteroatoms. The number of aryl methyl sites for hydroxylation is 2. The van der Waals surface area contributed by atoms with E-state index >= 15 is 0 Å². The van der Waals surface area contributed by atoms with Crippen molar-refractivity contribution in [3.05, 3.63) is 27.0 Å². The fourth-order valence-electron chi connectivity index (χ4n) is 2.40. The molecular weight excluding hydrogens is 232 g/mol. The third kappa shape index (κ3) is 1.98. The number of nitro groups is 1. The first kappa shape index (κ1) is 12.6. The minimum Gasteiger partial charge on any atom is -0.347 e. The summed E-state index contributed by atoms with van der Waals surface area (Å²) >= 11 is 0. The second-order valence-electron chi connectivity index (χ2n) is 4.87. The molecule has 0 atom stereocenters. The van der Waals surface area contributed by atoms with E-state index in [2.05, 4.69) is 18.9 Å². The van der Waals surface area contributed by atoms with Crippen molar-refractivity contribution in [2.24, 2.45) is 7.05 Å². The first-order valence-corrected chi connectivity index (χ1v) is 6.00. The quantitative estimate of drug-likeness (QED) is 0.458. The molecule has 1 aromatic heterocycles. The maximum Gasteiger partial charge on any atom is 0.333 e. The number of hydrogen-bond acceptors (Lipinski definition) is 4. The van der Waals surface area contributed by atoms with Crippen molar-refractivity contribution in [3.63, 3.8) is 0 Å². The average Bonchev–Trinajstić information content (AvgIpc) is 2.57. The van der Waals surface area contributed by atoms with Gasteiger partial charge < -0.3 is 4.90 Å². The van der Waals surface area contributed by atoms with Gasteiger partial charge in [0.15, 0.2) is 0 Å². The van der Waals surface area contributed by atoms with Gasteiger partial charge in [-0.25, -0.2) is 4.68 Å². The monoisotopic (exact) mass is 250 g/mol.